The Hall–Kier alpha value is -3.26. The van der Waals surface area contributed by atoms with Gasteiger partial charge in [-0.05, 0) is 46.4 Å². The molecular weight excluding hydrogens is 447 g/mol. The molecule has 1 aliphatic carbocycles. The summed E-state index contributed by atoms with van der Waals surface area (Å²) < 4.78 is 19.6. The molecule has 2 atom stereocenters. The van der Waals surface area contributed by atoms with Crippen molar-refractivity contribution in [3.8, 4) is 11.4 Å². The van der Waals surface area contributed by atoms with Gasteiger partial charge in [0.15, 0.2) is 0 Å². The number of anilines is 1. The highest BCUT2D eigenvalue weighted by molar-refractivity contribution is 5.99. The van der Waals surface area contributed by atoms with E-state index in [1.54, 1.807) is 24.4 Å². The number of likely N-dealkylation sites (N-methyl/N-ethyl adjacent to an activating group) is 1. The van der Waals surface area contributed by atoms with E-state index in [2.05, 4.69) is 10.3 Å². The van der Waals surface area contributed by atoms with E-state index in [1.807, 2.05) is 75.9 Å². The maximum Gasteiger partial charge on any atom is 0.244 e. The van der Waals surface area contributed by atoms with Gasteiger partial charge in [0.2, 0.25) is 5.91 Å². The van der Waals surface area contributed by atoms with Gasteiger partial charge in [-0.2, -0.15) is 0 Å². The van der Waals surface area contributed by atoms with Crippen molar-refractivity contribution in [1.82, 2.24) is 14.9 Å². The maximum atomic E-state index is 12.3. The lowest BCUT2D eigenvalue weighted by Gasteiger charge is -2.19. The molecule has 2 aliphatic rings. The summed E-state index contributed by atoms with van der Waals surface area (Å²) in [4.78, 5) is 27.1. The molecule has 0 bridgehead atoms. The third kappa shape index (κ3) is 8.79. The summed E-state index contributed by atoms with van der Waals surface area (Å²) in [6.45, 7) is 10.1. The molecule has 192 valence electrons. The number of aromatic nitrogens is 2. The number of hydrogen-bond acceptors (Lipinski definition) is 5. The summed E-state index contributed by atoms with van der Waals surface area (Å²) in [5, 5.41) is 3.05. The molecule has 4 rings (SSSR count). The summed E-state index contributed by atoms with van der Waals surface area (Å²) >= 11 is 0. The molecular formula is C27H39FN4O3. The Balaban J connectivity index is 0.000000391. The number of hydrogen-bond donors (Lipinski definition) is 1. The lowest BCUT2D eigenvalue weighted by molar-refractivity contribution is -0.118. The van der Waals surface area contributed by atoms with E-state index in [1.165, 1.54) is 12.5 Å². The number of carbonyl (C=O) groups excluding carboxylic acids is 2. The molecule has 1 aromatic heterocycles. The van der Waals surface area contributed by atoms with Crippen molar-refractivity contribution < 1.29 is 18.7 Å². The van der Waals surface area contributed by atoms with Gasteiger partial charge in [-0.15, -0.1) is 0 Å². The fourth-order valence-electron chi connectivity index (χ4n) is 3.51. The predicted molar refractivity (Wildman–Crippen MR) is 140 cm³/mol. The van der Waals surface area contributed by atoms with Crippen LogP contribution in [0.5, 0.6) is 5.75 Å². The van der Waals surface area contributed by atoms with Gasteiger partial charge in [0.05, 0.1) is 30.9 Å². The minimum atomic E-state index is -0.737. The fourth-order valence-corrected chi connectivity index (χ4v) is 3.51. The normalized spacial score (nSPS) is 18.2. The molecule has 2 aromatic rings. The van der Waals surface area contributed by atoms with Crippen LogP contribution in [0, 0.1) is 6.92 Å². The van der Waals surface area contributed by atoms with Gasteiger partial charge >= 0.3 is 0 Å². The zero-order chi connectivity index (χ0) is 26.4. The second-order valence-electron chi connectivity index (χ2n) is 7.69. The third-order valence-corrected chi connectivity index (χ3v) is 5.25. The summed E-state index contributed by atoms with van der Waals surface area (Å²) in [5.74, 6) is 0.825. The summed E-state index contributed by atoms with van der Waals surface area (Å²) in [5.41, 5.74) is 3.88. The average Bonchev–Trinajstić information content (AvgIpc) is 3.47. The number of nitrogens with zero attached hydrogens (tertiary/aromatic N) is 3. The van der Waals surface area contributed by atoms with E-state index < -0.39 is 6.17 Å². The number of aryl methyl sites for hydroxylation is 1. The number of allylic oxidation sites excluding steroid dienone is 4. The molecule has 0 radical (unpaired) electrons. The zero-order valence-corrected chi connectivity index (χ0v) is 21.9. The van der Waals surface area contributed by atoms with E-state index in [0.717, 1.165) is 42.1 Å². The predicted octanol–water partition coefficient (Wildman–Crippen LogP) is 4.98. The molecule has 7 nitrogen and oxygen atoms in total. The van der Waals surface area contributed by atoms with Crippen LogP contribution in [0.1, 0.15) is 46.2 Å². The lowest BCUT2D eigenvalue weighted by Crippen LogP contribution is -2.36. The molecule has 35 heavy (non-hydrogen) atoms. The number of ether oxygens (including phenoxy) is 1. The zero-order valence-electron chi connectivity index (χ0n) is 21.9. The fraction of sp³-hybridized carbons (Fsp3) is 0.444. The molecule has 1 aromatic carbocycles. The van der Waals surface area contributed by atoms with Crippen molar-refractivity contribution in [2.45, 2.75) is 59.7 Å². The highest BCUT2D eigenvalue weighted by Crippen LogP contribution is 2.30. The van der Waals surface area contributed by atoms with Crippen LogP contribution in [0.3, 0.4) is 0 Å². The minimum absolute atomic E-state index is 0.0954. The quantitative estimate of drug-likeness (QED) is 0.617. The van der Waals surface area contributed by atoms with Crippen LogP contribution >= 0.6 is 0 Å². The van der Waals surface area contributed by atoms with Crippen molar-refractivity contribution in [2.24, 2.45) is 0 Å². The van der Waals surface area contributed by atoms with Crippen molar-refractivity contribution >= 4 is 17.9 Å². The Morgan fingerprint density at radius 1 is 1.26 bits per heavy atom. The van der Waals surface area contributed by atoms with Crippen LogP contribution in [-0.4, -0.2) is 54.7 Å². The van der Waals surface area contributed by atoms with Gasteiger partial charge in [-0.25, -0.2) is 9.37 Å². The van der Waals surface area contributed by atoms with Crippen LogP contribution < -0.4 is 15.0 Å². The van der Waals surface area contributed by atoms with Crippen LogP contribution in [0.15, 0.2) is 54.5 Å². The Kier molecular flexibility index (Phi) is 13.3. The number of rotatable bonds is 4. The Morgan fingerprint density at radius 2 is 1.94 bits per heavy atom. The van der Waals surface area contributed by atoms with Crippen LogP contribution in [0.25, 0.3) is 5.69 Å². The first-order valence-electron chi connectivity index (χ1n) is 11.9. The van der Waals surface area contributed by atoms with Gasteiger partial charge in [0.1, 0.15) is 18.2 Å². The number of aldehydes is 1. The molecule has 1 amide bonds. The highest BCUT2D eigenvalue weighted by atomic mass is 19.1. The second-order valence-corrected chi connectivity index (χ2v) is 7.69. The molecule has 1 aliphatic heterocycles. The van der Waals surface area contributed by atoms with Gasteiger partial charge in [-0.3, -0.25) is 4.79 Å². The van der Waals surface area contributed by atoms with Crippen molar-refractivity contribution in [3.05, 3.63) is 60.2 Å². The van der Waals surface area contributed by atoms with Gasteiger partial charge < -0.3 is 24.3 Å². The smallest absolute Gasteiger partial charge is 0.244 e. The van der Waals surface area contributed by atoms with Gasteiger partial charge in [-0.1, -0.05) is 37.6 Å². The van der Waals surface area contributed by atoms with E-state index in [9.17, 15) is 9.18 Å². The van der Waals surface area contributed by atoms with E-state index in [-0.39, 0.29) is 11.9 Å². The van der Waals surface area contributed by atoms with Crippen LogP contribution in [0.2, 0.25) is 0 Å². The Labute approximate surface area is 208 Å². The first-order valence-corrected chi connectivity index (χ1v) is 11.9. The van der Waals surface area contributed by atoms with E-state index in [0.29, 0.717) is 6.42 Å². The van der Waals surface area contributed by atoms with Gasteiger partial charge in [0.25, 0.3) is 0 Å². The summed E-state index contributed by atoms with van der Waals surface area (Å²) in [6.07, 6.45) is 10.4. The average molecular weight is 487 g/mol. The molecule has 8 heteroatoms. The minimum Gasteiger partial charge on any atom is -0.494 e. The highest BCUT2D eigenvalue weighted by Gasteiger charge is 2.31. The SMILES string of the molecule is CC.CC1=CCC(F)C=C1.CC=O.CNC1CCN(c2ccc(-n3cnc(C)c3)c(OC)c2)C1=O. The largest absolute Gasteiger partial charge is 0.494 e. The molecule has 1 N–H and O–H groups in total. The lowest BCUT2D eigenvalue weighted by atomic mass is 10.1. The Bertz CT molecular complexity index is 1000. The summed E-state index contributed by atoms with van der Waals surface area (Å²) in [6, 6.07) is 5.71. The van der Waals surface area contributed by atoms with E-state index in [4.69, 9.17) is 9.53 Å². The molecule has 1 saturated heterocycles. The number of carbonyl (C=O) groups is 2. The van der Waals surface area contributed by atoms with Crippen molar-refractivity contribution in [3.63, 3.8) is 0 Å². The summed E-state index contributed by atoms with van der Waals surface area (Å²) in [7, 11) is 3.45. The molecule has 1 fully saturated rings. The first-order chi connectivity index (χ1) is 16.8. The molecule has 2 unspecified atom stereocenters. The number of methoxy groups -OCH3 is 1. The van der Waals surface area contributed by atoms with Crippen LogP contribution in [-0.2, 0) is 9.59 Å². The molecule has 0 saturated carbocycles. The van der Waals surface area contributed by atoms with Crippen molar-refractivity contribution in [2.75, 3.05) is 25.6 Å². The van der Waals surface area contributed by atoms with Crippen LogP contribution in [0.4, 0.5) is 10.1 Å². The number of alkyl halides is 1. The maximum absolute atomic E-state index is 12.3. The topological polar surface area (TPSA) is 76.5 Å². The standard InChI is InChI=1S/C16H20N4O2.C7H9F.C2H4O.C2H6/c1-11-9-19(10-18-11)14-5-4-12(8-15(14)22-3)20-7-6-13(17-2)16(20)21;1-6-2-4-7(8)5-3-6;1-2-3;1-2/h4-5,8-10,13,17H,6-7H2,1-3H3;2-4,7H,5H2,1H3;2H,1H3;1-2H3. The number of benzene rings is 1. The van der Waals surface area contributed by atoms with E-state index >= 15 is 0 Å². The monoisotopic (exact) mass is 486 g/mol. The first kappa shape index (κ1) is 29.8. The number of nitrogens with one attached hydrogen (secondary N) is 1. The van der Waals surface area contributed by atoms with Crippen molar-refractivity contribution in [1.29, 1.82) is 0 Å². The number of halogens is 1. The molecule has 2 heterocycles. The number of amides is 1. The second kappa shape index (κ2) is 15.6. The molecule has 0 spiro atoms. The number of imidazole rings is 1. The third-order valence-electron chi connectivity index (χ3n) is 5.25. The Morgan fingerprint density at radius 3 is 2.40 bits per heavy atom. The van der Waals surface area contributed by atoms with Gasteiger partial charge in [0, 0.05) is 30.9 Å².